The van der Waals surface area contributed by atoms with Crippen LogP contribution < -0.4 is 21.8 Å². The van der Waals surface area contributed by atoms with Crippen molar-refractivity contribution in [2.45, 2.75) is 64.3 Å². The molecule has 15 heteroatoms. The highest BCUT2D eigenvalue weighted by Crippen LogP contribution is 2.44. The van der Waals surface area contributed by atoms with Crippen LogP contribution in [0.4, 0.5) is 4.39 Å². The fourth-order valence-corrected chi connectivity index (χ4v) is 3.88. The van der Waals surface area contributed by atoms with Gasteiger partial charge in [-0.25, -0.2) is 19.8 Å². The lowest BCUT2D eigenvalue weighted by atomic mass is 9.98. The topological polar surface area (TPSA) is 181 Å². The van der Waals surface area contributed by atoms with Gasteiger partial charge in [-0.3, -0.25) is 28.5 Å². The molecule has 13 nitrogen and oxygen atoms in total. The predicted molar refractivity (Wildman–Crippen MR) is 112 cm³/mol. The summed E-state index contributed by atoms with van der Waals surface area (Å²) in [6, 6.07) is 0.992. The molecular formula is C18H28FN4O9P. The number of rotatable bonds is 10. The maximum atomic E-state index is 15.8. The Kier molecular flexibility index (Phi) is 8.71. The van der Waals surface area contributed by atoms with Crippen molar-refractivity contribution < 1.29 is 37.3 Å². The van der Waals surface area contributed by atoms with Crippen LogP contribution in [0.25, 0.3) is 0 Å². The van der Waals surface area contributed by atoms with Gasteiger partial charge >= 0.3 is 25.3 Å². The Labute approximate surface area is 188 Å². The van der Waals surface area contributed by atoms with Gasteiger partial charge in [-0.15, -0.1) is 0 Å². The van der Waals surface area contributed by atoms with E-state index in [4.69, 9.17) is 24.2 Å². The van der Waals surface area contributed by atoms with Gasteiger partial charge < -0.3 is 18.7 Å². The van der Waals surface area contributed by atoms with Crippen molar-refractivity contribution in [2.75, 3.05) is 13.2 Å². The van der Waals surface area contributed by atoms with Crippen LogP contribution in [0.1, 0.15) is 40.3 Å². The second-order valence-electron chi connectivity index (χ2n) is 7.73. The number of carbonyl (C=O) groups excluding carboxylic acids is 2. The van der Waals surface area contributed by atoms with Crippen LogP contribution in [0, 0.1) is 0 Å². The molecule has 0 aromatic carbocycles. The summed E-state index contributed by atoms with van der Waals surface area (Å²) >= 11 is 0. The molecule has 1 aromatic rings. The Morgan fingerprint density at radius 1 is 1.39 bits per heavy atom. The summed E-state index contributed by atoms with van der Waals surface area (Å²) in [5, 5.41) is 2.22. The van der Waals surface area contributed by atoms with Gasteiger partial charge in [0, 0.05) is 18.7 Å². The SMILES string of the molecule is CCC(=O)OC1[C@@H](COP(N)(=O)NCC(=O)OC(C)C)O[C@@H](n2ccc(=O)[nH]c2=O)[C@]1(C)F. The van der Waals surface area contributed by atoms with Crippen molar-refractivity contribution in [3.05, 3.63) is 33.1 Å². The highest BCUT2D eigenvalue weighted by atomic mass is 31.2. The second-order valence-corrected chi connectivity index (χ2v) is 9.49. The minimum atomic E-state index is -4.07. The maximum Gasteiger partial charge on any atom is 0.338 e. The first kappa shape index (κ1) is 26.9. The second kappa shape index (κ2) is 10.7. The predicted octanol–water partition coefficient (Wildman–Crippen LogP) is 0.109. The smallest absolute Gasteiger partial charge is 0.338 e. The van der Waals surface area contributed by atoms with E-state index in [0.29, 0.717) is 0 Å². The van der Waals surface area contributed by atoms with Gasteiger partial charge in [0.2, 0.25) is 0 Å². The first-order valence-electron chi connectivity index (χ1n) is 10.1. The van der Waals surface area contributed by atoms with E-state index in [1.165, 1.54) is 6.92 Å². The quantitative estimate of drug-likeness (QED) is 0.297. The zero-order valence-electron chi connectivity index (χ0n) is 18.6. The Morgan fingerprint density at radius 3 is 2.64 bits per heavy atom. The van der Waals surface area contributed by atoms with Gasteiger partial charge in [0.1, 0.15) is 12.6 Å². The van der Waals surface area contributed by atoms with E-state index in [0.717, 1.165) is 23.8 Å². The highest BCUT2D eigenvalue weighted by molar-refractivity contribution is 7.54. The van der Waals surface area contributed by atoms with Gasteiger partial charge in [-0.05, 0) is 20.8 Å². The van der Waals surface area contributed by atoms with E-state index in [1.807, 2.05) is 4.98 Å². The molecule has 0 bridgehead atoms. The molecule has 0 saturated carbocycles. The standard InChI is InChI=1S/C18H28FN4O9P/c1-5-13(25)32-15-11(9-29-33(20,28)21-8-14(26)30-10(2)3)31-16(18(15,4)19)23-7-6-12(24)22-17(23)27/h6-7,10-11,15-16H,5,8-9H2,1-4H3,(H3,20,21,28)(H,22,24,27)/t11-,15?,16-,18-,33?/m1/s1. The number of carbonyl (C=O) groups is 2. The van der Waals surface area contributed by atoms with Gasteiger partial charge in [0.15, 0.2) is 18.0 Å². The van der Waals surface area contributed by atoms with Crippen LogP contribution in [0.15, 0.2) is 21.9 Å². The normalized spacial score (nSPS) is 26.7. The molecule has 2 unspecified atom stereocenters. The van der Waals surface area contributed by atoms with Crippen molar-refractivity contribution in [3.8, 4) is 0 Å². The van der Waals surface area contributed by atoms with Crippen LogP contribution >= 0.6 is 7.67 Å². The maximum absolute atomic E-state index is 15.8. The van der Waals surface area contributed by atoms with E-state index >= 15 is 4.39 Å². The number of aromatic amines is 1. The lowest BCUT2D eigenvalue weighted by molar-refractivity contribution is -0.157. The largest absolute Gasteiger partial charge is 0.462 e. The summed E-state index contributed by atoms with van der Waals surface area (Å²) < 4.78 is 49.8. The first-order chi connectivity index (χ1) is 15.3. The van der Waals surface area contributed by atoms with Crippen LogP contribution in [-0.2, 0) is 32.9 Å². The Bertz CT molecular complexity index is 1020. The monoisotopic (exact) mass is 494 g/mol. The third kappa shape index (κ3) is 7.05. The number of nitrogens with zero attached hydrogens (tertiary/aromatic N) is 1. The molecule has 186 valence electrons. The van der Waals surface area contributed by atoms with Crippen molar-refractivity contribution in [1.29, 1.82) is 0 Å². The minimum Gasteiger partial charge on any atom is -0.462 e. The molecule has 1 saturated heterocycles. The Hall–Kier alpha value is -2.38. The molecule has 5 atom stereocenters. The third-order valence-electron chi connectivity index (χ3n) is 4.57. The number of ether oxygens (including phenoxy) is 3. The summed E-state index contributed by atoms with van der Waals surface area (Å²) in [5.41, 5.74) is 1.46. The van der Waals surface area contributed by atoms with E-state index < -0.39 is 74.2 Å². The summed E-state index contributed by atoms with van der Waals surface area (Å²) in [4.78, 5) is 48.9. The summed E-state index contributed by atoms with van der Waals surface area (Å²) in [6.45, 7) is 4.67. The molecule has 0 spiro atoms. The number of hydrogen-bond acceptors (Lipinski definition) is 9. The van der Waals surface area contributed by atoms with Crippen molar-refractivity contribution in [2.24, 2.45) is 5.50 Å². The lowest BCUT2D eigenvalue weighted by Gasteiger charge is -2.27. The number of aromatic nitrogens is 2. The molecule has 33 heavy (non-hydrogen) atoms. The lowest BCUT2D eigenvalue weighted by Crippen LogP contribution is -2.46. The number of nitrogens with two attached hydrogens (primary N) is 1. The molecule has 2 rings (SSSR count). The third-order valence-corrected chi connectivity index (χ3v) is 5.70. The van der Waals surface area contributed by atoms with Crippen molar-refractivity contribution in [1.82, 2.24) is 14.6 Å². The van der Waals surface area contributed by atoms with Gasteiger partial charge in [0.05, 0.1) is 12.7 Å². The summed E-state index contributed by atoms with van der Waals surface area (Å²) in [5.74, 6) is -1.47. The van der Waals surface area contributed by atoms with E-state index in [1.54, 1.807) is 13.8 Å². The fourth-order valence-electron chi connectivity index (χ4n) is 3.08. The molecule has 0 amide bonds. The molecule has 1 aliphatic rings. The molecule has 1 aliphatic heterocycles. The Morgan fingerprint density at radius 2 is 2.06 bits per heavy atom. The van der Waals surface area contributed by atoms with E-state index in [-0.39, 0.29) is 6.42 Å². The molecule has 1 aromatic heterocycles. The summed E-state index contributed by atoms with van der Waals surface area (Å²) in [7, 11) is -4.07. The van der Waals surface area contributed by atoms with Crippen molar-refractivity contribution in [3.63, 3.8) is 0 Å². The van der Waals surface area contributed by atoms with Crippen LogP contribution in [-0.4, -0.2) is 58.6 Å². The van der Waals surface area contributed by atoms with E-state index in [9.17, 15) is 23.7 Å². The zero-order chi connectivity index (χ0) is 25.0. The van der Waals surface area contributed by atoms with Crippen LogP contribution in [0.3, 0.4) is 0 Å². The van der Waals surface area contributed by atoms with Gasteiger partial charge in [-0.2, -0.15) is 0 Å². The average Bonchev–Trinajstić information content (AvgIpc) is 2.94. The molecule has 1 fully saturated rings. The number of nitrogens with one attached hydrogen (secondary N) is 2. The number of halogens is 1. The average molecular weight is 494 g/mol. The fraction of sp³-hybridized carbons (Fsp3) is 0.667. The molecule has 0 radical (unpaired) electrons. The highest BCUT2D eigenvalue weighted by Gasteiger charge is 2.58. The molecule has 0 aliphatic carbocycles. The van der Waals surface area contributed by atoms with Crippen LogP contribution in [0.5, 0.6) is 0 Å². The number of hydrogen-bond donors (Lipinski definition) is 3. The Balaban J connectivity index is 2.19. The van der Waals surface area contributed by atoms with Gasteiger partial charge in [-0.1, -0.05) is 6.92 Å². The minimum absolute atomic E-state index is 0.0711. The zero-order valence-corrected chi connectivity index (χ0v) is 19.5. The van der Waals surface area contributed by atoms with E-state index in [2.05, 4.69) is 5.09 Å². The van der Waals surface area contributed by atoms with Crippen LogP contribution in [0.2, 0.25) is 0 Å². The van der Waals surface area contributed by atoms with Gasteiger partial charge in [0.25, 0.3) is 5.56 Å². The first-order valence-corrected chi connectivity index (χ1v) is 11.8. The number of H-pyrrole nitrogens is 1. The molecule has 4 N–H and O–H groups in total. The molecule has 2 heterocycles. The number of esters is 2. The summed E-state index contributed by atoms with van der Waals surface area (Å²) in [6.07, 6.45) is -3.95. The number of alkyl halides is 1. The van der Waals surface area contributed by atoms with Crippen molar-refractivity contribution >= 4 is 19.6 Å². The molecular weight excluding hydrogens is 466 g/mol.